The fraction of sp³-hybridized carbons (Fsp3) is 0.455. The van der Waals surface area contributed by atoms with Gasteiger partial charge in [-0.1, -0.05) is 0 Å². The smallest absolute Gasteiger partial charge is 0.207 e. The lowest BCUT2D eigenvalue weighted by atomic mass is 10.0. The van der Waals surface area contributed by atoms with Crippen molar-refractivity contribution >= 4 is 45.0 Å². The Hall–Kier alpha value is -2.99. The molecule has 4 heterocycles. The average molecular weight is 533 g/mol. The van der Waals surface area contributed by atoms with Crippen LogP contribution in [0.2, 0.25) is 0 Å². The molecule has 180 valence electrons. The lowest BCUT2D eigenvalue weighted by Gasteiger charge is -2.26. The predicted octanol–water partition coefficient (Wildman–Crippen LogP) is 1.73. The first kappa shape index (κ1) is 22.8. The summed E-state index contributed by atoms with van der Waals surface area (Å²) in [4.78, 5) is 24.3. The third kappa shape index (κ3) is 4.27. The van der Waals surface area contributed by atoms with Gasteiger partial charge in [-0.05, 0) is 35.2 Å². The topological polar surface area (TPSA) is 137 Å². The van der Waals surface area contributed by atoms with Crippen LogP contribution in [0.1, 0.15) is 30.4 Å². The molecule has 10 nitrogen and oxygen atoms in total. The quantitative estimate of drug-likeness (QED) is 0.422. The maximum atomic E-state index is 15.1. The van der Waals surface area contributed by atoms with Gasteiger partial charge in [-0.15, -0.1) is 0 Å². The first-order valence-electron chi connectivity index (χ1n) is 11.2. The molecule has 5 N–H and O–H groups in total. The number of benzene rings is 1. The summed E-state index contributed by atoms with van der Waals surface area (Å²) in [7, 11) is 0. The standard InChI is InChI=1S/C18H19BrFN7O.C4H7NO/c19-12-11(6-27-8-25-14-17(22)23-7-24-18(14)27)15(26-3-1-9(21)5-26)16-10(13(12)20)2-4-28-16;6-3-5-4-1-2-4/h7-9H,1-6,21H2,(H2,22,23,24);3-4H,1-2H2,(H,5,6). The fourth-order valence-electron chi connectivity index (χ4n) is 4.38. The highest BCUT2D eigenvalue weighted by Crippen LogP contribution is 2.46. The predicted molar refractivity (Wildman–Crippen MR) is 129 cm³/mol. The summed E-state index contributed by atoms with van der Waals surface area (Å²) < 4.78 is 23.2. The van der Waals surface area contributed by atoms with Crippen molar-refractivity contribution in [2.75, 3.05) is 30.3 Å². The number of nitrogen functional groups attached to an aromatic ring is 1. The van der Waals surface area contributed by atoms with Gasteiger partial charge in [-0.3, -0.25) is 4.79 Å². The molecular formula is C22H26BrFN8O2. The zero-order chi connectivity index (χ0) is 23.8. The molecule has 2 aromatic heterocycles. The number of imidazole rings is 1. The normalized spacial score (nSPS) is 18.9. The minimum absolute atomic E-state index is 0.0929. The number of hydrogen-bond acceptors (Lipinski definition) is 8. The van der Waals surface area contributed by atoms with E-state index in [0.29, 0.717) is 64.9 Å². The lowest BCUT2D eigenvalue weighted by molar-refractivity contribution is -0.109. The number of ether oxygens (including phenoxy) is 1. The zero-order valence-corrected chi connectivity index (χ0v) is 20.1. The van der Waals surface area contributed by atoms with E-state index in [-0.39, 0.29) is 11.9 Å². The highest BCUT2D eigenvalue weighted by Gasteiger charge is 2.33. The molecule has 0 bridgehead atoms. The van der Waals surface area contributed by atoms with Gasteiger partial charge in [0.25, 0.3) is 0 Å². The number of fused-ring (bicyclic) bond motifs is 2. The first-order valence-corrected chi connectivity index (χ1v) is 12.0. The number of aromatic nitrogens is 4. The summed E-state index contributed by atoms with van der Waals surface area (Å²) in [6, 6.07) is 0.623. The van der Waals surface area contributed by atoms with Gasteiger partial charge < -0.3 is 31.0 Å². The number of halogens is 2. The van der Waals surface area contributed by atoms with Crippen LogP contribution in [-0.2, 0) is 17.8 Å². The van der Waals surface area contributed by atoms with Crippen molar-refractivity contribution in [3.63, 3.8) is 0 Å². The highest BCUT2D eigenvalue weighted by molar-refractivity contribution is 9.10. The van der Waals surface area contributed by atoms with E-state index in [1.54, 1.807) is 6.33 Å². The molecule has 1 unspecified atom stereocenters. The lowest BCUT2D eigenvalue weighted by Crippen LogP contribution is -2.28. The Morgan fingerprint density at radius 3 is 2.79 bits per heavy atom. The van der Waals surface area contributed by atoms with Crippen molar-refractivity contribution < 1.29 is 13.9 Å². The van der Waals surface area contributed by atoms with Crippen molar-refractivity contribution in [1.29, 1.82) is 0 Å². The van der Waals surface area contributed by atoms with Crippen LogP contribution < -0.4 is 26.4 Å². The first-order chi connectivity index (χ1) is 16.5. The van der Waals surface area contributed by atoms with Crippen molar-refractivity contribution in [1.82, 2.24) is 24.8 Å². The van der Waals surface area contributed by atoms with Gasteiger partial charge in [0.2, 0.25) is 6.41 Å². The van der Waals surface area contributed by atoms with Crippen LogP contribution in [-0.4, -0.2) is 57.7 Å². The number of rotatable bonds is 5. The van der Waals surface area contributed by atoms with Crippen molar-refractivity contribution in [2.45, 2.75) is 44.3 Å². The van der Waals surface area contributed by atoms with Gasteiger partial charge in [0, 0.05) is 42.7 Å². The van der Waals surface area contributed by atoms with Crippen molar-refractivity contribution in [3.8, 4) is 5.75 Å². The van der Waals surface area contributed by atoms with Gasteiger partial charge in [0.1, 0.15) is 23.4 Å². The van der Waals surface area contributed by atoms with Gasteiger partial charge in [0.15, 0.2) is 11.5 Å². The molecule has 2 fully saturated rings. The van der Waals surface area contributed by atoms with E-state index in [2.05, 4.69) is 41.1 Å². The monoisotopic (exact) mass is 532 g/mol. The molecule has 1 aromatic carbocycles. The van der Waals surface area contributed by atoms with Crippen molar-refractivity contribution in [2.24, 2.45) is 5.73 Å². The number of hydrogen-bond donors (Lipinski definition) is 3. The van der Waals surface area contributed by atoms with E-state index in [0.717, 1.165) is 30.6 Å². The summed E-state index contributed by atoms with van der Waals surface area (Å²) in [5, 5.41) is 2.64. The van der Waals surface area contributed by atoms with Crippen LogP contribution in [0.15, 0.2) is 17.1 Å². The van der Waals surface area contributed by atoms with Crippen molar-refractivity contribution in [3.05, 3.63) is 34.1 Å². The van der Waals surface area contributed by atoms with E-state index in [1.807, 2.05) is 4.57 Å². The number of nitrogens with one attached hydrogen (secondary N) is 1. The third-order valence-electron chi connectivity index (χ3n) is 6.28. The Morgan fingerprint density at radius 2 is 2.12 bits per heavy atom. The highest BCUT2D eigenvalue weighted by atomic mass is 79.9. The maximum absolute atomic E-state index is 15.1. The molecule has 0 radical (unpaired) electrons. The van der Waals surface area contributed by atoms with Gasteiger partial charge in [-0.2, -0.15) is 0 Å². The van der Waals surface area contributed by atoms with E-state index in [1.165, 1.54) is 19.2 Å². The second-order valence-corrected chi connectivity index (χ2v) is 9.51. The Kier molecular flexibility index (Phi) is 6.26. The molecule has 1 aliphatic carbocycles. The minimum Gasteiger partial charge on any atom is -0.491 e. The molecule has 3 aliphatic rings. The molecule has 1 saturated heterocycles. The number of carbonyl (C=O) groups is 1. The van der Waals surface area contributed by atoms with Crippen LogP contribution in [0.4, 0.5) is 15.9 Å². The van der Waals surface area contributed by atoms with Crippen LogP contribution in [0.5, 0.6) is 5.75 Å². The summed E-state index contributed by atoms with van der Waals surface area (Å²) in [5.41, 5.74) is 15.5. The molecule has 3 aromatic rings. The van der Waals surface area contributed by atoms with Gasteiger partial charge in [-0.25, -0.2) is 19.3 Å². The Labute approximate surface area is 204 Å². The molecule has 2 aliphatic heterocycles. The SMILES string of the molecule is Nc1ncnc2c1ncn2Cc1c(Br)c(F)c2c(c1N1CCC(N)C1)OCC2.O=CNC1CC1. The molecule has 6 rings (SSSR count). The number of anilines is 2. The molecule has 0 spiro atoms. The maximum Gasteiger partial charge on any atom is 0.207 e. The molecule has 1 saturated carbocycles. The van der Waals surface area contributed by atoms with Crippen LogP contribution in [0.3, 0.4) is 0 Å². The van der Waals surface area contributed by atoms with E-state index in [9.17, 15) is 4.79 Å². The average Bonchev–Trinajstić information content (AvgIpc) is 3.19. The fourth-order valence-corrected chi connectivity index (χ4v) is 4.94. The summed E-state index contributed by atoms with van der Waals surface area (Å²) in [6.07, 6.45) is 7.62. The minimum atomic E-state index is -0.270. The largest absolute Gasteiger partial charge is 0.491 e. The van der Waals surface area contributed by atoms with E-state index >= 15 is 4.39 Å². The van der Waals surface area contributed by atoms with Crippen LogP contribution in [0.25, 0.3) is 11.2 Å². The Balaban J connectivity index is 0.000000351. The molecule has 1 atom stereocenters. The van der Waals surface area contributed by atoms with Crippen LogP contribution in [0, 0.1) is 5.82 Å². The van der Waals surface area contributed by atoms with Crippen LogP contribution >= 0.6 is 15.9 Å². The molecule has 12 heteroatoms. The number of carbonyl (C=O) groups excluding carboxylic acids is 1. The molecule has 1 amide bonds. The van der Waals surface area contributed by atoms with Gasteiger partial charge in [0.05, 0.1) is 29.6 Å². The summed E-state index contributed by atoms with van der Waals surface area (Å²) >= 11 is 3.49. The number of nitrogens with two attached hydrogens (primary N) is 2. The number of nitrogens with zero attached hydrogens (tertiary/aromatic N) is 5. The summed E-state index contributed by atoms with van der Waals surface area (Å²) in [5.74, 6) is 0.675. The molecule has 34 heavy (non-hydrogen) atoms. The Bertz CT molecular complexity index is 1230. The molecular weight excluding hydrogens is 507 g/mol. The summed E-state index contributed by atoms with van der Waals surface area (Å²) in [6.45, 7) is 2.36. The zero-order valence-electron chi connectivity index (χ0n) is 18.5. The second kappa shape index (κ2) is 9.34. The van der Waals surface area contributed by atoms with E-state index in [4.69, 9.17) is 16.2 Å². The van der Waals surface area contributed by atoms with E-state index < -0.39 is 0 Å². The third-order valence-corrected chi connectivity index (χ3v) is 7.10. The Morgan fingerprint density at radius 1 is 1.29 bits per heavy atom. The second-order valence-electron chi connectivity index (χ2n) is 8.72. The number of amides is 1. The van der Waals surface area contributed by atoms with Gasteiger partial charge >= 0.3 is 0 Å².